The van der Waals surface area contributed by atoms with E-state index in [0.29, 0.717) is 18.1 Å². The van der Waals surface area contributed by atoms with Crippen molar-refractivity contribution in [3.05, 3.63) is 0 Å². The molecule has 12 heavy (non-hydrogen) atoms. The van der Waals surface area contributed by atoms with E-state index in [1.807, 2.05) is 6.92 Å². The maximum absolute atomic E-state index is 11.3. The van der Waals surface area contributed by atoms with E-state index in [4.69, 9.17) is 0 Å². The largest absolute Gasteiger partial charge is 0.390 e. The number of hydrogen-bond donors (Lipinski definition) is 1. The lowest BCUT2D eigenvalue weighted by molar-refractivity contribution is -0.121. The number of carbonyl (C=O) groups is 1. The van der Waals surface area contributed by atoms with Gasteiger partial charge in [-0.3, -0.25) is 4.79 Å². The summed E-state index contributed by atoms with van der Waals surface area (Å²) in [5, 5.41) is 9.77. The first kappa shape index (κ1) is 9.72. The predicted octanol–water partition coefficient (Wildman–Crippen LogP) is 1.62. The SMILES string of the molecule is C[C@H]1[C@H](C)C(=O)C[C@H]1C(C)(C)O. The van der Waals surface area contributed by atoms with Gasteiger partial charge in [0.05, 0.1) is 5.60 Å². The van der Waals surface area contributed by atoms with Crippen LogP contribution in [-0.2, 0) is 4.79 Å². The Balaban J connectivity index is 2.78. The van der Waals surface area contributed by atoms with E-state index in [0.717, 1.165) is 0 Å². The van der Waals surface area contributed by atoms with E-state index in [2.05, 4.69) is 6.92 Å². The minimum Gasteiger partial charge on any atom is -0.390 e. The van der Waals surface area contributed by atoms with E-state index >= 15 is 0 Å². The predicted molar refractivity (Wildman–Crippen MR) is 47.7 cm³/mol. The minimum atomic E-state index is -0.708. The number of rotatable bonds is 1. The fraction of sp³-hybridized carbons (Fsp3) is 0.900. The zero-order chi connectivity index (χ0) is 9.52. The van der Waals surface area contributed by atoms with Gasteiger partial charge in [-0.25, -0.2) is 0 Å². The molecule has 1 aliphatic carbocycles. The molecule has 0 aromatic heterocycles. The molecule has 0 spiro atoms. The molecule has 0 bridgehead atoms. The van der Waals surface area contributed by atoms with Gasteiger partial charge >= 0.3 is 0 Å². The Morgan fingerprint density at radius 3 is 2.08 bits per heavy atom. The van der Waals surface area contributed by atoms with Gasteiger partial charge in [-0.05, 0) is 25.7 Å². The molecule has 1 saturated carbocycles. The summed E-state index contributed by atoms with van der Waals surface area (Å²) in [5.41, 5.74) is -0.708. The Bertz CT molecular complexity index is 191. The van der Waals surface area contributed by atoms with Crippen LogP contribution in [0.25, 0.3) is 0 Å². The van der Waals surface area contributed by atoms with Crippen molar-refractivity contribution in [1.82, 2.24) is 0 Å². The van der Waals surface area contributed by atoms with Gasteiger partial charge in [-0.1, -0.05) is 13.8 Å². The number of ketones is 1. The molecule has 0 heterocycles. The zero-order valence-electron chi connectivity index (χ0n) is 8.29. The summed E-state index contributed by atoms with van der Waals surface area (Å²) in [5.74, 6) is 0.883. The van der Waals surface area contributed by atoms with Gasteiger partial charge in [0.15, 0.2) is 0 Å². The van der Waals surface area contributed by atoms with Gasteiger partial charge < -0.3 is 5.11 Å². The van der Waals surface area contributed by atoms with Crippen LogP contribution in [0.5, 0.6) is 0 Å². The molecule has 1 rings (SSSR count). The number of Topliss-reactive ketones (excluding diaryl/α,β-unsaturated/α-hetero) is 1. The molecule has 3 atom stereocenters. The first-order valence-electron chi connectivity index (χ1n) is 4.59. The van der Waals surface area contributed by atoms with Gasteiger partial charge in [0.2, 0.25) is 0 Å². The molecular weight excluding hydrogens is 152 g/mol. The van der Waals surface area contributed by atoms with Crippen molar-refractivity contribution in [3.8, 4) is 0 Å². The van der Waals surface area contributed by atoms with Crippen LogP contribution in [0.2, 0.25) is 0 Å². The molecule has 0 radical (unpaired) electrons. The van der Waals surface area contributed by atoms with E-state index in [1.54, 1.807) is 13.8 Å². The first-order chi connectivity index (χ1) is 5.34. The Kier molecular flexibility index (Phi) is 2.30. The Morgan fingerprint density at radius 1 is 1.42 bits per heavy atom. The highest BCUT2D eigenvalue weighted by molar-refractivity contribution is 5.83. The highest BCUT2D eigenvalue weighted by Crippen LogP contribution is 2.39. The summed E-state index contributed by atoms with van der Waals surface area (Å²) < 4.78 is 0. The van der Waals surface area contributed by atoms with Crippen LogP contribution in [0, 0.1) is 17.8 Å². The molecule has 1 aliphatic rings. The maximum Gasteiger partial charge on any atom is 0.136 e. The molecule has 2 nitrogen and oxygen atoms in total. The standard InChI is InChI=1S/C10H18O2/c1-6-7(2)9(11)5-8(6)10(3,4)12/h6-8,12H,5H2,1-4H3/t6-,7-,8+/m0/s1. The van der Waals surface area contributed by atoms with Gasteiger partial charge in [-0.15, -0.1) is 0 Å². The topological polar surface area (TPSA) is 37.3 Å². The third-order valence-corrected chi connectivity index (χ3v) is 3.26. The van der Waals surface area contributed by atoms with Gasteiger partial charge in [0.1, 0.15) is 5.78 Å². The van der Waals surface area contributed by atoms with E-state index in [-0.39, 0.29) is 11.8 Å². The van der Waals surface area contributed by atoms with Crippen molar-refractivity contribution < 1.29 is 9.90 Å². The number of hydrogen-bond acceptors (Lipinski definition) is 2. The second-order valence-corrected chi connectivity index (χ2v) is 4.58. The van der Waals surface area contributed by atoms with Crippen molar-refractivity contribution in [2.45, 2.75) is 39.7 Å². The van der Waals surface area contributed by atoms with Crippen molar-refractivity contribution in [3.63, 3.8) is 0 Å². The number of aliphatic hydroxyl groups is 1. The molecule has 2 heteroatoms. The van der Waals surface area contributed by atoms with Crippen LogP contribution in [-0.4, -0.2) is 16.5 Å². The van der Waals surface area contributed by atoms with Gasteiger partial charge in [0.25, 0.3) is 0 Å². The second-order valence-electron chi connectivity index (χ2n) is 4.58. The zero-order valence-corrected chi connectivity index (χ0v) is 8.29. The molecule has 1 N–H and O–H groups in total. The Morgan fingerprint density at radius 2 is 1.92 bits per heavy atom. The van der Waals surface area contributed by atoms with Crippen molar-refractivity contribution in [2.24, 2.45) is 17.8 Å². The van der Waals surface area contributed by atoms with Crippen molar-refractivity contribution in [2.75, 3.05) is 0 Å². The van der Waals surface area contributed by atoms with Crippen LogP contribution in [0.1, 0.15) is 34.1 Å². The van der Waals surface area contributed by atoms with Crippen LogP contribution in [0.3, 0.4) is 0 Å². The average Bonchev–Trinajstić information content (AvgIpc) is 2.15. The van der Waals surface area contributed by atoms with Crippen molar-refractivity contribution in [1.29, 1.82) is 0 Å². The summed E-state index contributed by atoms with van der Waals surface area (Å²) in [6, 6.07) is 0. The van der Waals surface area contributed by atoms with Gasteiger partial charge in [-0.2, -0.15) is 0 Å². The highest BCUT2D eigenvalue weighted by atomic mass is 16.3. The summed E-state index contributed by atoms with van der Waals surface area (Å²) in [6.45, 7) is 7.59. The maximum atomic E-state index is 11.3. The van der Waals surface area contributed by atoms with Crippen LogP contribution < -0.4 is 0 Å². The fourth-order valence-corrected chi connectivity index (χ4v) is 2.12. The van der Waals surface area contributed by atoms with E-state index in [1.165, 1.54) is 0 Å². The quantitative estimate of drug-likeness (QED) is 0.649. The molecule has 0 amide bonds. The molecular formula is C10H18O2. The Labute approximate surface area is 74.0 Å². The summed E-state index contributed by atoms with van der Waals surface area (Å²) in [4.78, 5) is 11.3. The second kappa shape index (κ2) is 2.84. The third-order valence-electron chi connectivity index (χ3n) is 3.26. The third kappa shape index (κ3) is 1.53. The molecule has 70 valence electrons. The summed E-state index contributed by atoms with van der Waals surface area (Å²) >= 11 is 0. The molecule has 0 aliphatic heterocycles. The van der Waals surface area contributed by atoms with E-state index in [9.17, 15) is 9.90 Å². The minimum absolute atomic E-state index is 0.126. The van der Waals surface area contributed by atoms with Crippen LogP contribution in [0.4, 0.5) is 0 Å². The van der Waals surface area contributed by atoms with Gasteiger partial charge in [0, 0.05) is 12.3 Å². The lowest BCUT2D eigenvalue weighted by Crippen LogP contribution is -2.33. The molecule has 0 aromatic carbocycles. The highest BCUT2D eigenvalue weighted by Gasteiger charge is 2.43. The molecule has 0 saturated heterocycles. The lowest BCUT2D eigenvalue weighted by atomic mass is 9.81. The Hall–Kier alpha value is -0.370. The molecule has 0 unspecified atom stereocenters. The molecule has 0 aromatic rings. The lowest BCUT2D eigenvalue weighted by Gasteiger charge is -2.29. The first-order valence-corrected chi connectivity index (χ1v) is 4.59. The van der Waals surface area contributed by atoms with Crippen LogP contribution in [0.15, 0.2) is 0 Å². The smallest absolute Gasteiger partial charge is 0.136 e. The van der Waals surface area contributed by atoms with E-state index < -0.39 is 5.60 Å². The normalized spacial score (nSPS) is 37.4. The monoisotopic (exact) mass is 170 g/mol. The number of carbonyl (C=O) groups excluding carboxylic acids is 1. The summed E-state index contributed by atoms with van der Waals surface area (Å²) in [6.07, 6.45) is 0.547. The van der Waals surface area contributed by atoms with Crippen LogP contribution >= 0.6 is 0 Å². The molecule has 1 fully saturated rings. The average molecular weight is 170 g/mol. The fourth-order valence-electron chi connectivity index (χ4n) is 2.12. The summed E-state index contributed by atoms with van der Waals surface area (Å²) in [7, 11) is 0. The van der Waals surface area contributed by atoms with Crippen molar-refractivity contribution >= 4 is 5.78 Å².